The Balaban J connectivity index is 2.82. The van der Waals surface area contributed by atoms with Crippen LogP contribution in [0.4, 0.5) is 0 Å². The Kier molecular flexibility index (Phi) is 4.79. The molecule has 2 N–H and O–H groups in total. The summed E-state index contributed by atoms with van der Waals surface area (Å²) >= 11 is 1.69. The third-order valence-corrected chi connectivity index (χ3v) is 2.71. The number of thioether (sulfide) groups is 1. The summed E-state index contributed by atoms with van der Waals surface area (Å²) in [6.07, 6.45) is 2.81. The van der Waals surface area contributed by atoms with Crippen molar-refractivity contribution in [2.75, 3.05) is 20.0 Å². The Hall–Kier alpha value is -0.710. The first-order chi connectivity index (χ1) is 6.81. The highest BCUT2D eigenvalue weighted by atomic mass is 32.2. The summed E-state index contributed by atoms with van der Waals surface area (Å²) in [5.74, 6) is 5.88. The third-order valence-electron chi connectivity index (χ3n) is 1.98. The first-order valence-electron chi connectivity index (χ1n) is 4.34. The maximum Gasteiger partial charge on any atom is 0.123 e. The number of benzene rings is 1. The van der Waals surface area contributed by atoms with Crippen LogP contribution in [0.5, 0.6) is 5.75 Å². The quantitative estimate of drug-likeness (QED) is 0.599. The Morgan fingerprint density at radius 3 is 2.79 bits per heavy atom. The maximum atomic E-state index is 5.28. The molecule has 0 bridgehead atoms. The number of ether oxygens (including phenoxy) is 1. The van der Waals surface area contributed by atoms with Crippen LogP contribution < -0.4 is 10.6 Å². The van der Waals surface area contributed by atoms with Crippen molar-refractivity contribution >= 4 is 11.8 Å². The van der Waals surface area contributed by atoms with Crippen LogP contribution in [0.2, 0.25) is 0 Å². The molecule has 0 heterocycles. The van der Waals surface area contributed by atoms with Crippen LogP contribution in [0.15, 0.2) is 23.1 Å². The van der Waals surface area contributed by atoms with E-state index in [1.165, 1.54) is 4.90 Å². The van der Waals surface area contributed by atoms with E-state index in [2.05, 4.69) is 10.9 Å². The first-order valence-corrected chi connectivity index (χ1v) is 5.57. The Morgan fingerprint density at radius 1 is 1.43 bits per heavy atom. The van der Waals surface area contributed by atoms with Crippen molar-refractivity contribution in [1.29, 1.82) is 0 Å². The van der Waals surface area contributed by atoms with Crippen LogP contribution >= 0.6 is 11.8 Å². The van der Waals surface area contributed by atoms with E-state index in [-0.39, 0.29) is 0 Å². The van der Waals surface area contributed by atoms with E-state index in [4.69, 9.17) is 10.6 Å². The fourth-order valence-corrected chi connectivity index (χ4v) is 1.66. The second-order valence-electron chi connectivity index (χ2n) is 2.80. The van der Waals surface area contributed by atoms with Gasteiger partial charge in [-0.25, -0.2) is 5.90 Å². The van der Waals surface area contributed by atoms with Crippen LogP contribution in [0.3, 0.4) is 0 Å². The molecule has 0 spiro atoms. The summed E-state index contributed by atoms with van der Waals surface area (Å²) in [6.45, 7) is 0.509. The topological polar surface area (TPSA) is 44.5 Å². The van der Waals surface area contributed by atoms with Crippen LogP contribution in [-0.4, -0.2) is 20.0 Å². The van der Waals surface area contributed by atoms with Crippen LogP contribution in [0.1, 0.15) is 5.56 Å². The highest BCUT2D eigenvalue weighted by Crippen LogP contribution is 2.25. The lowest BCUT2D eigenvalue weighted by molar-refractivity contribution is 0.140. The number of hydrogen-bond donors (Lipinski definition) is 1. The maximum absolute atomic E-state index is 5.28. The zero-order chi connectivity index (χ0) is 10.4. The highest BCUT2D eigenvalue weighted by molar-refractivity contribution is 7.98. The van der Waals surface area contributed by atoms with E-state index >= 15 is 0 Å². The molecule has 0 amide bonds. The Morgan fingerprint density at radius 2 is 2.21 bits per heavy atom. The average molecular weight is 213 g/mol. The average Bonchev–Trinajstić information content (AvgIpc) is 2.26. The van der Waals surface area contributed by atoms with Gasteiger partial charge >= 0.3 is 0 Å². The summed E-state index contributed by atoms with van der Waals surface area (Å²) in [5.41, 5.74) is 1.12. The molecule has 0 atom stereocenters. The van der Waals surface area contributed by atoms with Crippen molar-refractivity contribution in [3.8, 4) is 5.75 Å². The molecule has 0 aromatic heterocycles. The molecule has 4 heteroatoms. The molecule has 3 nitrogen and oxygen atoms in total. The van der Waals surface area contributed by atoms with E-state index in [9.17, 15) is 0 Å². The van der Waals surface area contributed by atoms with Crippen LogP contribution in [-0.2, 0) is 11.3 Å². The van der Waals surface area contributed by atoms with Crippen LogP contribution in [0, 0.1) is 0 Å². The SMILES string of the molecule is COc1cc(SC)ccc1CCON. The fourth-order valence-electron chi connectivity index (χ4n) is 1.23. The molecule has 1 rings (SSSR count). The number of rotatable bonds is 5. The van der Waals surface area contributed by atoms with Crippen LogP contribution in [0.25, 0.3) is 0 Å². The van der Waals surface area contributed by atoms with Gasteiger partial charge < -0.3 is 9.57 Å². The molecule has 0 aliphatic heterocycles. The summed E-state index contributed by atoms with van der Waals surface area (Å²) < 4.78 is 5.28. The molecule has 1 aromatic carbocycles. The minimum atomic E-state index is 0.509. The second-order valence-corrected chi connectivity index (χ2v) is 3.68. The molecular weight excluding hydrogens is 198 g/mol. The van der Waals surface area contributed by atoms with Gasteiger partial charge in [0.25, 0.3) is 0 Å². The van der Waals surface area contributed by atoms with E-state index in [0.29, 0.717) is 6.61 Å². The smallest absolute Gasteiger partial charge is 0.123 e. The van der Waals surface area contributed by atoms with Gasteiger partial charge in [-0.1, -0.05) is 6.07 Å². The molecule has 0 aliphatic rings. The summed E-state index contributed by atoms with van der Waals surface area (Å²) in [7, 11) is 1.67. The third kappa shape index (κ3) is 2.90. The van der Waals surface area contributed by atoms with Crippen molar-refractivity contribution in [3.63, 3.8) is 0 Å². The van der Waals surface area contributed by atoms with Gasteiger partial charge in [0.1, 0.15) is 5.75 Å². The summed E-state index contributed by atoms with van der Waals surface area (Å²) in [4.78, 5) is 5.73. The van der Waals surface area contributed by atoms with E-state index in [1.54, 1.807) is 18.9 Å². The second kappa shape index (κ2) is 5.90. The number of methoxy groups -OCH3 is 1. The van der Waals surface area contributed by atoms with Gasteiger partial charge in [-0.05, 0) is 24.0 Å². The Bertz CT molecular complexity index is 291. The molecule has 0 saturated carbocycles. The van der Waals surface area contributed by atoms with E-state index in [0.717, 1.165) is 17.7 Å². The van der Waals surface area contributed by atoms with Crippen molar-refractivity contribution in [3.05, 3.63) is 23.8 Å². The summed E-state index contributed by atoms with van der Waals surface area (Å²) in [5, 5.41) is 0. The molecule has 0 radical (unpaired) electrons. The minimum Gasteiger partial charge on any atom is -0.496 e. The zero-order valence-electron chi connectivity index (χ0n) is 8.45. The first kappa shape index (κ1) is 11.4. The van der Waals surface area contributed by atoms with E-state index in [1.807, 2.05) is 18.4 Å². The number of nitrogens with two attached hydrogens (primary N) is 1. The molecule has 14 heavy (non-hydrogen) atoms. The normalized spacial score (nSPS) is 10.2. The van der Waals surface area contributed by atoms with Gasteiger partial charge in [0, 0.05) is 11.3 Å². The number of hydrogen-bond acceptors (Lipinski definition) is 4. The van der Waals surface area contributed by atoms with Gasteiger partial charge in [0.15, 0.2) is 0 Å². The van der Waals surface area contributed by atoms with Gasteiger partial charge in [0.05, 0.1) is 13.7 Å². The van der Waals surface area contributed by atoms with Gasteiger partial charge in [0.2, 0.25) is 0 Å². The molecule has 1 aromatic rings. The van der Waals surface area contributed by atoms with Crippen molar-refractivity contribution in [2.24, 2.45) is 5.90 Å². The molecule has 0 fully saturated rings. The standard InChI is InChI=1S/C10H15NO2S/c1-12-10-7-9(14-2)4-3-8(10)5-6-13-11/h3-4,7H,5-6,11H2,1-2H3. The lowest BCUT2D eigenvalue weighted by Crippen LogP contribution is -2.04. The summed E-state index contributed by atoms with van der Waals surface area (Å²) in [6, 6.07) is 6.14. The lowest BCUT2D eigenvalue weighted by atomic mass is 10.1. The highest BCUT2D eigenvalue weighted by Gasteiger charge is 2.03. The minimum absolute atomic E-state index is 0.509. The molecule has 78 valence electrons. The largest absolute Gasteiger partial charge is 0.496 e. The van der Waals surface area contributed by atoms with Gasteiger partial charge in [-0.2, -0.15) is 0 Å². The predicted octanol–water partition coefficient (Wildman–Crippen LogP) is 1.85. The van der Waals surface area contributed by atoms with Crippen molar-refractivity contribution in [2.45, 2.75) is 11.3 Å². The molecule has 0 aliphatic carbocycles. The van der Waals surface area contributed by atoms with E-state index < -0.39 is 0 Å². The lowest BCUT2D eigenvalue weighted by Gasteiger charge is -2.09. The monoisotopic (exact) mass is 213 g/mol. The van der Waals surface area contributed by atoms with Gasteiger partial charge in [-0.15, -0.1) is 11.8 Å². The van der Waals surface area contributed by atoms with Crippen molar-refractivity contribution < 1.29 is 9.57 Å². The van der Waals surface area contributed by atoms with Gasteiger partial charge in [-0.3, -0.25) is 0 Å². The molecule has 0 saturated heterocycles. The fraction of sp³-hybridized carbons (Fsp3) is 0.400. The van der Waals surface area contributed by atoms with Crippen molar-refractivity contribution in [1.82, 2.24) is 0 Å². The predicted molar refractivity (Wildman–Crippen MR) is 58.6 cm³/mol. The molecule has 0 unspecified atom stereocenters. The Labute approximate surface area is 88.5 Å². The zero-order valence-corrected chi connectivity index (χ0v) is 9.26. The molecular formula is C10H15NO2S.